The first kappa shape index (κ1) is 22.2. The zero-order valence-electron chi connectivity index (χ0n) is 15.1. The van der Waals surface area contributed by atoms with Crippen LogP contribution >= 0.6 is 15.9 Å². The summed E-state index contributed by atoms with van der Waals surface area (Å²) in [7, 11) is 0. The maximum atomic E-state index is 12.3. The molecule has 6 nitrogen and oxygen atoms in total. The quantitative estimate of drug-likeness (QED) is 0.447. The summed E-state index contributed by atoms with van der Waals surface area (Å²) in [6.45, 7) is 2.64. The van der Waals surface area contributed by atoms with E-state index in [0.717, 1.165) is 35.7 Å². The third-order valence-electron chi connectivity index (χ3n) is 3.94. The molecule has 3 N–H and O–H groups in total. The van der Waals surface area contributed by atoms with Gasteiger partial charge in [0.1, 0.15) is 6.04 Å². The predicted molar refractivity (Wildman–Crippen MR) is 104 cm³/mol. The monoisotopic (exact) mass is 426 g/mol. The van der Waals surface area contributed by atoms with Crippen LogP contribution in [-0.4, -0.2) is 35.5 Å². The average molecular weight is 427 g/mol. The molecular weight excluding hydrogens is 400 g/mol. The normalized spacial score (nSPS) is 11.6. The van der Waals surface area contributed by atoms with E-state index in [1.165, 1.54) is 0 Å². The van der Waals surface area contributed by atoms with Crippen LogP contribution in [0, 0.1) is 0 Å². The van der Waals surface area contributed by atoms with Gasteiger partial charge in [-0.2, -0.15) is 0 Å². The van der Waals surface area contributed by atoms with E-state index in [-0.39, 0.29) is 31.1 Å². The Morgan fingerprint density at radius 2 is 1.88 bits per heavy atom. The summed E-state index contributed by atoms with van der Waals surface area (Å²) in [5.74, 6) is -1.64. The highest BCUT2D eigenvalue weighted by atomic mass is 79.9. The van der Waals surface area contributed by atoms with Crippen LogP contribution in [0.5, 0.6) is 0 Å². The molecule has 1 aromatic rings. The Morgan fingerprint density at radius 1 is 1.15 bits per heavy atom. The van der Waals surface area contributed by atoms with Crippen molar-refractivity contribution in [1.29, 1.82) is 0 Å². The number of rotatable bonds is 12. The molecule has 0 unspecified atom stereocenters. The van der Waals surface area contributed by atoms with Gasteiger partial charge in [-0.25, -0.2) is 0 Å². The molecule has 2 amide bonds. The fraction of sp³-hybridized carbons (Fsp3) is 0.526. The number of carboxylic acid groups (broad SMARTS) is 1. The predicted octanol–water partition coefficient (Wildman–Crippen LogP) is 3.04. The number of hydrogen-bond acceptors (Lipinski definition) is 3. The number of hydrogen-bond donors (Lipinski definition) is 3. The van der Waals surface area contributed by atoms with Gasteiger partial charge in [0.25, 0.3) is 0 Å². The number of nitrogens with one attached hydrogen (secondary N) is 2. The van der Waals surface area contributed by atoms with Gasteiger partial charge in [0.2, 0.25) is 11.8 Å². The van der Waals surface area contributed by atoms with Gasteiger partial charge < -0.3 is 15.7 Å². The molecule has 0 heterocycles. The van der Waals surface area contributed by atoms with E-state index in [0.29, 0.717) is 6.54 Å². The van der Waals surface area contributed by atoms with Crippen LogP contribution < -0.4 is 10.6 Å². The molecule has 0 radical (unpaired) electrons. The largest absolute Gasteiger partial charge is 0.481 e. The standard InChI is InChI=1S/C19H27BrN2O4/c1-2-3-4-7-12-21-19(26)16(10-11-18(24)25)22-17(23)13-14-8-5-6-9-15(14)20/h5-6,8-9,16H,2-4,7,10-13H2,1H3,(H,21,26)(H,22,23)(H,24,25)/t16-/m0/s1. The lowest BCUT2D eigenvalue weighted by molar-refractivity contribution is -0.138. The molecule has 0 saturated carbocycles. The summed E-state index contributed by atoms with van der Waals surface area (Å²) in [6, 6.07) is 6.51. The van der Waals surface area contributed by atoms with E-state index in [2.05, 4.69) is 33.5 Å². The summed E-state index contributed by atoms with van der Waals surface area (Å²) in [4.78, 5) is 35.4. The first-order chi connectivity index (χ1) is 12.4. The second-order valence-electron chi connectivity index (χ2n) is 6.17. The third-order valence-corrected chi connectivity index (χ3v) is 4.71. The topological polar surface area (TPSA) is 95.5 Å². The highest BCUT2D eigenvalue weighted by molar-refractivity contribution is 9.10. The second kappa shape index (κ2) is 12.5. The minimum atomic E-state index is -0.995. The molecular formula is C19H27BrN2O4. The van der Waals surface area contributed by atoms with E-state index in [1.54, 1.807) is 0 Å². The van der Waals surface area contributed by atoms with Gasteiger partial charge >= 0.3 is 5.97 Å². The molecule has 0 aliphatic carbocycles. The van der Waals surface area contributed by atoms with Gasteiger partial charge in [-0.1, -0.05) is 60.3 Å². The summed E-state index contributed by atoms with van der Waals surface area (Å²) in [6.07, 6.45) is 4.14. The van der Waals surface area contributed by atoms with Gasteiger partial charge in [0, 0.05) is 17.4 Å². The smallest absolute Gasteiger partial charge is 0.303 e. The van der Waals surface area contributed by atoms with Crippen molar-refractivity contribution >= 4 is 33.7 Å². The molecule has 0 spiro atoms. The minimum absolute atomic E-state index is 0.0673. The lowest BCUT2D eigenvalue weighted by atomic mass is 10.1. The summed E-state index contributed by atoms with van der Waals surface area (Å²) >= 11 is 3.39. The maximum Gasteiger partial charge on any atom is 0.303 e. The highest BCUT2D eigenvalue weighted by Crippen LogP contribution is 2.16. The summed E-state index contributed by atoms with van der Waals surface area (Å²) in [5, 5.41) is 14.3. The lowest BCUT2D eigenvalue weighted by Gasteiger charge is -2.18. The van der Waals surface area contributed by atoms with Crippen molar-refractivity contribution in [3.63, 3.8) is 0 Å². The van der Waals surface area contributed by atoms with Crippen LogP contribution in [0.25, 0.3) is 0 Å². The third kappa shape index (κ3) is 8.99. The van der Waals surface area contributed by atoms with Crippen LogP contribution in [0.4, 0.5) is 0 Å². The zero-order chi connectivity index (χ0) is 19.4. The number of carboxylic acids is 1. The molecule has 1 aromatic carbocycles. The van der Waals surface area contributed by atoms with Crippen LogP contribution in [0.2, 0.25) is 0 Å². The van der Waals surface area contributed by atoms with Crippen LogP contribution in [0.3, 0.4) is 0 Å². The molecule has 0 saturated heterocycles. The van der Waals surface area contributed by atoms with Crippen molar-refractivity contribution in [1.82, 2.24) is 10.6 Å². The zero-order valence-corrected chi connectivity index (χ0v) is 16.7. The summed E-state index contributed by atoms with van der Waals surface area (Å²) < 4.78 is 0.817. The number of aliphatic carboxylic acids is 1. The molecule has 1 rings (SSSR count). The fourth-order valence-electron chi connectivity index (χ4n) is 2.48. The molecule has 26 heavy (non-hydrogen) atoms. The van der Waals surface area contributed by atoms with Gasteiger partial charge in [-0.3, -0.25) is 14.4 Å². The van der Waals surface area contributed by atoms with E-state index in [4.69, 9.17) is 5.11 Å². The van der Waals surface area contributed by atoms with Crippen molar-refractivity contribution in [2.75, 3.05) is 6.54 Å². The Kier molecular flexibility index (Phi) is 10.6. The van der Waals surface area contributed by atoms with Gasteiger partial charge in [-0.05, 0) is 24.5 Å². The Labute approximate surface area is 162 Å². The van der Waals surface area contributed by atoms with Gasteiger partial charge in [0.05, 0.1) is 6.42 Å². The molecule has 0 aliphatic heterocycles. The number of carbonyl (C=O) groups excluding carboxylic acids is 2. The van der Waals surface area contributed by atoms with E-state index in [1.807, 2.05) is 24.3 Å². The first-order valence-electron chi connectivity index (χ1n) is 8.96. The fourth-order valence-corrected chi connectivity index (χ4v) is 2.91. The Bertz CT molecular complexity index is 607. The molecule has 0 bridgehead atoms. The summed E-state index contributed by atoms with van der Waals surface area (Å²) in [5.41, 5.74) is 0.807. The SMILES string of the molecule is CCCCCCNC(=O)[C@H](CCC(=O)O)NC(=O)Cc1ccccc1Br. The Balaban J connectivity index is 2.58. The van der Waals surface area contributed by atoms with Crippen LogP contribution in [-0.2, 0) is 20.8 Å². The molecule has 0 aliphatic rings. The van der Waals surface area contributed by atoms with Crippen molar-refractivity contribution in [2.45, 2.75) is 57.9 Å². The van der Waals surface area contributed by atoms with E-state index >= 15 is 0 Å². The van der Waals surface area contributed by atoms with Crippen LogP contribution in [0.1, 0.15) is 51.0 Å². The first-order valence-corrected chi connectivity index (χ1v) is 9.75. The highest BCUT2D eigenvalue weighted by Gasteiger charge is 2.21. The van der Waals surface area contributed by atoms with Crippen molar-refractivity contribution in [3.05, 3.63) is 34.3 Å². The van der Waals surface area contributed by atoms with Gasteiger partial charge in [-0.15, -0.1) is 0 Å². The van der Waals surface area contributed by atoms with E-state index < -0.39 is 12.0 Å². The molecule has 7 heteroatoms. The van der Waals surface area contributed by atoms with Crippen LogP contribution in [0.15, 0.2) is 28.7 Å². The van der Waals surface area contributed by atoms with E-state index in [9.17, 15) is 14.4 Å². The maximum absolute atomic E-state index is 12.3. The number of benzene rings is 1. The second-order valence-corrected chi connectivity index (χ2v) is 7.03. The molecule has 144 valence electrons. The van der Waals surface area contributed by atoms with Gasteiger partial charge in [0.15, 0.2) is 0 Å². The minimum Gasteiger partial charge on any atom is -0.481 e. The van der Waals surface area contributed by atoms with Crippen molar-refractivity contribution < 1.29 is 19.5 Å². The Morgan fingerprint density at radius 3 is 2.54 bits per heavy atom. The number of carbonyl (C=O) groups is 3. The number of unbranched alkanes of at least 4 members (excludes halogenated alkanes) is 3. The Hall–Kier alpha value is -1.89. The van der Waals surface area contributed by atoms with Crippen molar-refractivity contribution in [3.8, 4) is 0 Å². The lowest BCUT2D eigenvalue weighted by Crippen LogP contribution is -2.47. The van der Waals surface area contributed by atoms with Crippen molar-refractivity contribution in [2.24, 2.45) is 0 Å². The molecule has 0 fully saturated rings. The molecule has 0 aromatic heterocycles. The molecule has 1 atom stereocenters. The number of amides is 2. The number of halogens is 1. The average Bonchev–Trinajstić information content (AvgIpc) is 2.60.